The van der Waals surface area contributed by atoms with Crippen molar-refractivity contribution in [1.82, 2.24) is 19.7 Å². The van der Waals surface area contributed by atoms with Crippen molar-refractivity contribution in [3.63, 3.8) is 0 Å². The highest BCUT2D eigenvalue weighted by Gasteiger charge is 2.30. The molecule has 0 bridgehead atoms. The van der Waals surface area contributed by atoms with E-state index in [2.05, 4.69) is 21.9 Å². The second-order valence-corrected chi connectivity index (χ2v) is 6.57. The summed E-state index contributed by atoms with van der Waals surface area (Å²) in [5.41, 5.74) is 2.80. The highest BCUT2D eigenvalue weighted by Crippen LogP contribution is 2.27. The number of nitrogens with zero attached hydrogens (tertiary/aromatic N) is 5. The molecule has 1 unspecified atom stereocenters. The molecule has 1 aliphatic heterocycles. The molecule has 0 radical (unpaired) electrons. The second-order valence-electron chi connectivity index (χ2n) is 6.57. The summed E-state index contributed by atoms with van der Waals surface area (Å²) < 4.78 is 7.25. The van der Waals surface area contributed by atoms with Crippen molar-refractivity contribution in [3.05, 3.63) is 55.0 Å². The van der Waals surface area contributed by atoms with Gasteiger partial charge in [0.15, 0.2) is 5.76 Å². The van der Waals surface area contributed by atoms with Crippen LogP contribution in [-0.2, 0) is 7.05 Å². The van der Waals surface area contributed by atoms with Gasteiger partial charge in [-0.2, -0.15) is 5.10 Å². The lowest BCUT2D eigenvalue weighted by molar-refractivity contribution is 0.0695. The average molecular weight is 351 g/mol. The lowest BCUT2D eigenvalue weighted by Gasteiger charge is -2.41. The number of carbonyl (C=O) groups is 1. The van der Waals surface area contributed by atoms with E-state index in [-0.39, 0.29) is 11.9 Å². The number of rotatable bonds is 3. The Morgan fingerprint density at radius 1 is 1.23 bits per heavy atom. The molecule has 4 rings (SSSR count). The maximum Gasteiger partial charge on any atom is 0.290 e. The van der Waals surface area contributed by atoms with E-state index in [0.717, 1.165) is 23.4 Å². The first-order valence-corrected chi connectivity index (χ1v) is 8.66. The highest BCUT2D eigenvalue weighted by atomic mass is 16.3. The van der Waals surface area contributed by atoms with Crippen LogP contribution >= 0.6 is 0 Å². The number of aryl methyl sites for hydroxylation is 1. The minimum Gasteiger partial charge on any atom is -0.459 e. The zero-order chi connectivity index (χ0) is 18.1. The second kappa shape index (κ2) is 6.67. The first kappa shape index (κ1) is 16.4. The first-order chi connectivity index (χ1) is 12.6. The maximum absolute atomic E-state index is 13.0. The monoisotopic (exact) mass is 351 g/mol. The topological polar surface area (TPSA) is 67.4 Å². The Hall–Kier alpha value is -3.09. The molecule has 0 aromatic carbocycles. The molecular weight excluding hydrogens is 330 g/mol. The number of furan rings is 1. The van der Waals surface area contributed by atoms with Gasteiger partial charge in [-0.15, -0.1) is 0 Å². The molecule has 0 aliphatic carbocycles. The molecule has 0 N–H and O–H groups in total. The predicted molar refractivity (Wildman–Crippen MR) is 97.9 cm³/mol. The third kappa shape index (κ3) is 2.96. The van der Waals surface area contributed by atoms with Gasteiger partial charge in [0.2, 0.25) is 0 Å². The Morgan fingerprint density at radius 3 is 2.73 bits per heavy atom. The van der Waals surface area contributed by atoms with E-state index in [1.54, 1.807) is 29.5 Å². The van der Waals surface area contributed by atoms with E-state index in [9.17, 15) is 4.79 Å². The Bertz CT molecular complexity index is 902. The Kier molecular flexibility index (Phi) is 4.20. The van der Waals surface area contributed by atoms with Crippen LogP contribution in [0.5, 0.6) is 0 Å². The van der Waals surface area contributed by atoms with Crippen LogP contribution in [0.3, 0.4) is 0 Å². The summed E-state index contributed by atoms with van der Waals surface area (Å²) in [5, 5.41) is 4.18. The lowest BCUT2D eigenvalue weighted by atomic mass is 10.1. The van der Waals surface area contributed by atoms with Crippen LogP contribution in [-0.4, -0.2) is 51.2 Å². The number of anilines is 1. The first-order valence-electron chi connectivity index (χ1n) is 8.66. The van der Waals surface area contributed by atoms with Crippen LogP contribution in [0.2, 0.25) is 0 Å². The summed E-state index contributed by atoms with van der Waals surface area (Å²) in [4.78, 5) is 21.3. The standard InChI is InChI=1S/C19H21N5O2/c1-14-12-23(8-9-24(14)16-3-6-20-7-4-16)19(25)18-17(5-10-26-18)15-11-21-22(2)13-15/h3-7,10-11,13-14H,8-9,12H2,1-2H3. The van der Waals surface area contributed by atoms with Gasteiger partial charge in [0.1, 0.15) is 0 Å². The largest absolute Gasteiger partial charge is 0.459 e. The van der Waals surface area contributed by atoms with Crippen molar-refractivity contribution in [2.24, 2.45) is 7.05 Å². The fourth-order valence-corrected chi connectivity index (χ4v) is 3.47. The smallest absolute Gasteiger partial charge is 0.290 e. The van der Waals surface area contributed by atoms with Crippen LogP contribution in [0.1, 0.15) is 17.5 Å². The molecule has 3 aromatic rings. The van der Waals surface area contributed by atoms with E-state index in [4.69, 9.17) is 4.42 Å². The van der Waals surface area contributed by atoms with Gasteiger partial charge in [0, 0.05) is 68.1 Å². The lowest BCUT2D eigenvalue weighted by Crippen LogP contribution is -2.53. The molecule has 134 valence electrons. The third-order valence-electron chi connectivity index (χ3n) is 4.78. The van der Waals surface area contributed by atoms with Crippen LogP contribution in [0.15, 0.2) is 53.7 Å². The normalized spacial score (nSPS) is 17.5. The van der Waals surface area contributed by atoms with Crippen molar-refractivity contribution in [1.29, 1.82) is 0 Å². The highest BCUT2D eigenvalue weighted by molar-refractivity contribution is 5.98. The summed E-state index contributed by atoms with van der Waals surface area (Å²) in [6, 6.07) is 6.04. The van der Waals surface area contributed by atoms with E-state index in [0.29, 0.717) is 18.8 Å². The Balaban J connectivity index is 1.52. The van der Waals surface area contributed by atoms with E-state index >= 15 is 0 Å². The molecule has 1 amide bonds. The van der Waals surface area contributed by atoms with Crippen LogP contribution in [0.25, 0.3) is 11.1 Å². The molecule has 1 aliphatic rings. The van der Waals surface area contributed by atoms with Gasteiger partial charge < -0.3 is 14.2 Å². The fraction of sp³-hybridized carbons (Fsp3) is 0.316. The molecule has 0 saturated carbocycles. The third-order valence-corrected chi connectivity index (χ3v) is 4.78. The van der Waals surface area contributed by atoms with Crippen LogP contribution < -0.4 is 4.90 Å². The summed E-state index contributed by atoms with van der Waals surface area (Å²) >= 11 is 0. The summed E-state index contributed by atoms with van der Waals surface area (Å²) in [5.74, 6) is 0.303. The Labute approximate surface area is 151 Å². The summed E-state index contributed by atoms with van der Waals surface area (Å²) in [7, 11) is 1.85. The van der Waals surface area contributed by atoms with Crippen molar-refractivity contribution in [3.8, 4) is 11.1 Å². The SMILES string of the molecule is CC1CN(C(=O)c2occc2-c2cnn(C)c2)CCN1c1ccncc1. The minimum absolute atomic E-state index is 0.0740. The molecule has 3 aromatic heterocycles. The average Bonchev–Trinajstić information content (AvgIpc) is 3.30. The maximum atomic E-state index is 13.0. The predicted octanol–water partition coefficient (Wildman–Crippen LogP) is 2.43. The molecule has 1 fully saturated rings. The van der Waals surface area contributed by atoms with Gasteiger partial charge >= 0.3 is 0 Å². The molecule has 26 heavy (non-hydrogen) atoms. The van der Waals surface area contributed by atoms with Crippen molar-refractivity contribution in [2.45, 2.75) is 13.0 Å². The van der Waals surface area contributed by atoms with Gasteiger partial charge in [-0.05, 0) is 25.1 Å². The number of piperazine rings is 1. The summed E-state index contributed by atoms with van der Waals surface area (Å²) in [6.07, 6.45) is 8.77. The van der Waals surface area contributed by atoms with Crippen LogP contribution in [0, 0.1) is 0 Å². The number of pyridine rings is 1. The molecule has 1 atom stereocenters. The minimum atomic E-state index is -0.0740. The van der Waals surface area contributed by atoms with Gasteiger partial charge in [0.05, 0.1) is 12.5 Å². The van der Waals surface area contributed by atoms with Gasteiger partial charge in [-0.1, -0.05) is 0 Å². The molecule has 7 heteroatoms. The van der Waals surface area contributed by atoms with Crippen molar-refractivity contribution < 1.29 is 9.21 Å². The van der Waals surface area contributed by atoms with Crippen LogP contribution in [0.4, 0.5) is 5.69 Å². The Morgan fingerprint density at radius 2 is 2.04 bits per heavy atom. The number of amides is 1. The van der Waals surface area contributed by atoms with E-state index in [1.807, 2.05) is 36.3 Å². The van der Waals surface area contributed by atoms with Gasteiger partial charge in [-0.3, -0.25) is 14.5 Å². The number of hydrogen-bond acceptors (Lipinski definition) is 5. The molecule has 7 nitrogen and oxygen atoms in total. The number of aromatic nitrogens is 3. The quantitative estimate of drug-likeness (QED) is 0.725. The van der Waals surface area contributed by atoms with Gasteiger partial charge in [0.25, 0.3) is 5.91 Å². The molecule has 1 saturated heterocycles. The molecule has 0 spiro atoms. The van der Waals surface area contributed by atoms with Gasteiger partial charge in [-0.25, -0.2) is 0 Å². The fourth-order valence-electron chi connectivity index (χ4n) is 3.47. The van der Waals surface area contributed by atoms with Crippen molar-refractivity contribution in [2.75, 3.05) is 24.5 Å². The van der Waals surface area contributed by atoms with Crippen molar-refractivity contribution >= 4 is 11.6 Å². The van der Waals surface area contributed by atoms with E-state index in [1.165, 1.54) is 0 Å². The molecular formula is C19H21N5O2. The zero-order valence-corrected chi connectivity index (χ0v) is 14.9. The van der Waals surface area contributed by atoms with E-state index < -0.39 is 0 Å². The molecule has 4 heterocycles. The number of hydrogen-bond donors (Lipinski definition) is 0. The summed E-state index contributed by atoms with van der Waals surface area (Å²) in [6.45, 7) is 4.21. The zero-order valence-electron chi connectivity index (χ0n) is 14.9. The number of carbonyl (C=O) groups excluding carboxylic acids is 1.